The van der Waals surface area contributed by atoms with E-state index in [1.54, 1.807) is 0 Å². The van der Waals surface area contributed by atoms with Crippen LogP contribution in [0.5, 0.6) is 0 Å². The van der Waals surface area contributed by atoms with Gasteiger partial charge in [-0.1, -0.05) is 188 Å². The molecule has 0 heteroatoms. The summed E-state index contributed by atoms with van der Waals surface area (Å²) in [6.07, 6.45) is 0. The summed E-state index contributed by atoms with van der Waals surface area (Å²) in [6, 6.07) is 76.9. The minimum Gasteiger partial charge on any atom is -0.0616 e. The lowest BCUT2D eigenvalue weighted by atomic mass is 9.84. The normalized spacial score (nSPS) is 11.5. The molecule has 11 rings (SSSR count). The fourth-order valence-electron chi connectivity index (χ4n) is 9.88. The monoisotopic (exact) mass is 790 g/mol. The Hall–Kier alpha value is -7.54. The largest absolute Gasteiger partial charge is 0.0616 e. The van der Waals surface area contributed by atoms with Crippen molar-refractivity contribution in [2.24, 2.45) is 0 Å². The van der Waals surface area contributed by atoms with E-state index in [2.05, 4.69) is 234 Å². The average Bonchev–Trinajstić information content (AvgIpc) is 3.32. The fraction of sp³-hybridized carbons (Fsp3) is 0.0645. The van der Waals surface area contributed by atoms with E-state index < -0.39 is 0 Å². The quantitative estimate of drug-likeness (QED) is 0.147. The fourth-order valence-corrected chi connectivity index (χ4v) is 9.88. The molecular weight excluding hydrogens is 745 g/mol. The van der Waals surface area contributed by atoms with Crippen LogP contribution in [0.4, 0.5) is 0 Å². The summed E-state index contributed by atoms with van der Waals surface area (Å²) in [5.74, 6) is 0. The second-order valence-corrected chi connectivity index (χ2v) is 17.0. The molecule has 0 unspecified atom stereocenters. The van der Waals surface area contributed by atoms with Crippen molar-refractivity contribution in [3.05, 3.63) is 229 Å². The number of benzene rings is 11. The zero-order chi connectivity index (χ0) is 41.9. The predicted molar refractivity (Wildman–Crippen MR) is 268 cm³/mol. The second kappa shape index (κ2) is 15.2. The van der Waals surface area contributed by atoms with E-state index in [-0.39, 0.29) is 0 Å². The molecule has 11 aromatic rings. The first kappa shape index (κ1) is 37.5. The number of fused-ring (bicyclic) bond motifs is 4. The van der Waals surface area contributed by atoms with Gasteiger partial charge in [-0.3, -0.25) is 0 Å². The zero-order valence-electron chi connectivity index (χ0n) is 35.6. The zero-order valence-corrected chi connectivity index (χ0v) is 35.6. The Balaban J connectivity index is 1.03. The van der Waals surface area contributed by atoms with Gasteiger partial charge in [0.1, 0.15) is 0 Å². The lowest BCUT2D eigenvalue weighted by molar-refractivity contribution is 1.34. The lowest BCUT2D eigenvalue weighted by Gasteiger charge is -2.19. The standard InChI is InChI=1S/C62H46/c1-39-30-32-49(34-41(39)3)61-55-26-9-5-22-51(55)59(52-23-6-10-27-56(52)61)47-20-14-18-45(37-47)43-16-13-17-44(36-43)46-19-15-21-48(38-46)60-53-24-7-11-28-57(53)62(58-29-12-8-25-54(58)60)50-33-31-40(2)42(4)35-50/h5-38H,1-4H3. The third-order valence-electron chi connectivity index (χ3n) is 13.3. The molecule has 62 heavy (non-hydrogen) atoms. The topological polar surface area (TPSA) is 0 Å². The third kappa shape index (κ3) is 6.30. The molecule has 0 aliphatic carbocycles. The van der Waals surface area contributed by atoms with Crippen LogP contribution in [0.15, 0.2) is 206 Å². The van der Waals surface area contributed by atoms with Crippen LogP contribution in [0.1, 0.15) is 22.3 Å². The van der Waals surface area contributed by atoms with Gasteiger partial charge in [0, 0.05) is 0 Å². The summed E-state index contributed by atoms with van der Waals surface area (Å²) >= 11 is 0. The molecule has 0 radical (unpaired) electrons. The smallest absolute Gasteiger partial charge is 0.00262 e. The summed E-state index contributed by atoms with van der Waals surface area (Å²) in [7, 11) is 0. The molecule has 0 aliphatic rings. The Morgan fingerprint density at radius 2 is 0.403 bits per heavy atom. The minimum atomic E-state index is 1.20. The van der Waals surface area contributed by atoms with Crippen LogP contribution in [0.3, 0.4) is 0 Å². The van der Waals surface area contributed by atoms with Crippen LogP contribution in [0.2, 0.25) is 0 Å². The molecule has 0 heterocycles. The van der Waals surface area contributed by atoms with Gasteiger partial charge in [0.2, 0.25) is 0 Å². The van der Waals surface area contributed by atoms with Crippen molar-refractivity contribution in [1.29, 1.82) is 0 Å². The number of rotatable bonds is 6. The molecule has 0 spiro atoms. The maximum absolute atomic E-state index is 2.38. The molecule has 0 N–H and O–H groups in total. The highest BCUT2D eigenvalue weighted by Crippen LogP contribution is 2.46. The van der Waals surface area contributed by atoms with Crippen LogP contribution < -0.4 is 0 Å². The van der Waals surface area contributed by atoms with E-state index in [9.17, 15) is 0 Å². The van der Waals surface area contributed by atoms with E-state index in [4.69, 9.17) is 0 Å². The Bertz CT molecular complexity index is 3220. The van der Waals surface area contributed by atoms with E-state index >= 15 is 0 Å². The Labute approximate surface area is 364 Å². The first-order chi connectivity index (χ1) is 30.4. The predicted octanol–water partition coefficient (Wildman–Crippen LogP) is 17.5. The maximum atomic E-state index is 2.38. The summed E-state index contributed by atoms with van der Waals surface area (Å²) in [5.41, 5.74) is 20.2. The highest BCUT2D eigenvalue weighted by molar-refractivity contribution is 6.23. The van der Waals surface area contributed by atoms with E-state index in [1.165, 1.54) is 132 Å². The number of hydrogen-bond acceptors (Lipinski definition) is 0. The highest BCUT2D eigenvalue weighted by atomic mass is 14.2. The van der Waals surface area contributed by atoms with Crippen molar-refractivity contribution < 1.29 is 0 Å². The van der Waals surface area contributed by atoms with Crippen LogP contribution in [-0.2, 0) is 0 Å². The molecule has 0 saturated heterocycles. The van der Waals surface area contributed by atoms with Crippen molar-refractivity contribution in [1.82, 2.24) is 0 Å². The van der Waals surface area contributed by atoms with Crippen LogP contribution in [0, 0.1) is 27.7 Å². The lowest BCUT2D eigenvalue weighted by Crippen LogP contribution is -1.92. The van der Waals surface area contributed by atoms with Gasteiger partial charge < -0.3 is 0 Å². The van der Waals surface area contributed by atoms with Crippen LogP contribution in [0.25, 0.3) is 110 Å². The van der Waals surface area contributed by atoms with E-state index in [1.807, 2.05) is 0 Å². The van der Waals surface area contributed by atoms with Crippen molar-refractivity contribution in [2.75, 3.05) is 0 Å². The maximum Gasteiger partial charge on any atom is -0.00262 e. The number of aryl methyl sites for hydroxylation is 4. The average molecular weight is 791 g/mol. The highest BCUT2D eigenvalue weighted by Gasteiger charge is 2.19. The Kier molecular flexibility index (Phi) is 9.17. The van der Waals surface area contributed by atoms with Gasteiger partial charge in [-0.05, 0) is 178 Å². The van der Waals surface area contributed by atoms with E-state index in [0.717, 1.165) is 0 Å². The molecule has 11 aromatic carbocycles. The second-order valence-electron chi connectivity index (χ2n) is 17.0. The third-order valence-corrected chi connectivity index (χ3v) is 13.3. The van der Waals surface area contributed by atoms with Crippen molar-refractivity contribution >= 4 is 43.1 Å². The first-order valence-electron chi connectivity index (χ1n) is 21.7. The SMILES string of the molecule is Cc1ccc(-c2c3ccccc3c(-c3cccc(-c4cccc(-c5cccc(-c6c7ccccc7c(-c7ccc(C)c(C)c7)c7ccccc67)c5)c4)c3)c3ccccc23)cc1C. The molecule has 0 bridgehead atoms. The van der Waals surface area contributed by atoms with Crippen molar-refractivity contribution in [3.63, 3.8) is 0 Å². The van der Waals surface area contributed by atoms with Gasteiger partial charge in [0.25, 0.3) is 0 Å². The van der Waals surface area contributed by atoms with Gasteiger partial charge in [0.15, 0.2) is 0 Å². The summed E-state index contributed by atoms with van der Waals surface area (Å²) < 4.78 is 0. The van der Waals surface area contributed by atoms with Crippen LogP contribution in [-0.4, -0.2) is 0 Å². The molecule has 0 saturated carbocycles. The molecular formula is C62H46. The van der Waals surface area contributed by atoms with Gasteiger partial charge in [0.05, 0.1) is 0 Å². The van der Waals surface area contributed by atoms with E-state index in [0.29, 0.717) is 0 Å². The summed E-state index contributed by atoms with van der Waals surface area (Å²) in [4.78, 5) is 0. The minimum absolute atomic E-state index is 1.20. The Morgan fingerprint density at radius 1 is 0.177 bits per heavy atom. The number of hydrogen-bond donors (Lipinski definition) is 0. The summed E-state index contributed by atoms with van der Waals surface area (Å²) in [5, 5.41) is 10.2. The molecule has 0 nitrogen and oxygen atoms in total. The van der Waals surface area contributed by atoms with Gasteiger partial charge in [-0.25, -0.2) is 0 Å². The van der Waals surface area contributed by atoms with Crippen molar-refractivity contribution in [3.8, 4) is 66.8 Å². The Morgan fingerprint density at radius 3 is 0.661 bits per heavy atom. The molecule has 294 valence electrons. The van der Waals surface area contributed by atoms with Gasteiger partial charge in [-0.2, -0.15) is 0 Å². The van der Waals surface area contributed by atoms with Gasteiger partial charge in [-0.15, -0.1) is 0 Å². The van der Waals surface area contributed by atoms with Crippen molar-refractivity contribution in [2.45, 2.75) is 27.7 Å². The molecule has 0 atom stereocenters. The van der Waals surface area contributed by atoms with Crippen LogP contribution >= 0.6 is 0 Å². The molecule has 0 aromatic heterocycles. The first-order valence-corrected chi connectivity index (χ1v) is 21.7. The molecule has 0 aliphatic heterocycles. The molecule has 0 amide bonds. The summed E-state index contributed by atoms with van der Waals surface area (Å²) in [6.45, 7) is 8.80. The molecule has 0 fully saturated rings. The van der Waals surface area contributed by atoms with Gasteiger partial charge >= 0.3 is 0 Å².